The van der Waals surface area contributed by atoms with Crippen molar-refractivity contribution in [2.45, 2.75) is 57.3 Å². The summed E-state index contributed by atoms with van der Waals surface area (Å²) >= 11 is 0. The Morgan fingerprint density at radius 2 is 1.80 bits per heavy atom. The van der Waals surface area contributed by atoms with E-state index in [9.17, 15) is 13.2 Å². The molecule has 140 valence electrons. The zero-order chi connectivity index (χ0) is 18.3. The quantitative estimate of drug-likeness (QED) is 0.742. The van der Waals surface area contributed by atoms with Crippen LogP contribution in [0.25, 0.3) is 0 Å². The summed E-state index contributed by atoms with van der Waals surface area (Å²) in [5.41, 5.74) is 0.453. The number of sulfonamides is 1. The summed E-state index contributed by atoms with van der Waals surface area (Å²) in [6.45, 7) is 6.51. The maximum Gasteiger partial charge on any atom is 0.253 e. The lowest BCUT2D eigenvalue weighted by Gasteiger charge is -2.22. The van der Waals surface area contributed by atoms with E-state index in [4.69, 9.17) is 0 Å². The number of unbranched alkanes of at least 4 members (excludes halogenated alkanes) is 1. The lowest BCUT2D eigenvalue weighted by Crippen LogP contribution is -2.33. The van der Waals surface area contributed by atoms with Gasteiger partial charge in [-0.15, -0.1) is 0 Å². The van der Waals surface area contributed by atoms with E-state index >= 15 is 0 Å². The van der Waals surface area contributed by atoms with E-state index in [2.05, 4.69) is 6.92 Å². The molecular weight excluding hydrogens is 336 g/mol. The molecule has 0 unspecified atom stereocenters. The van der Waals surface area contributed by atoms with Crippen molar-refractivity contribution in [3.05, 3.63) is 29.8 Å². The van der Waals surface area contributed by atoms with Crippen LogP contribution >= 0.6 is 0 Å². The molecule has 5 nitrogen and oxygen atoms in total. The monoisotopic (exact) mass is 366 g/mol. The van der Waals surface area contributed by atoms with Gasteiger partial charge in [0, 0.05) is 31.7 Å². The van der Waals surface area contributed by atoms with Crippen molar-refractivity contribution in [3.8, 4) is 0 Å². The van der Waals surface area contributed by atoms with Crippen LogP contribution in [0.4, 0.5) is 0 Å². The zero-order valence-corrected chi connectivity index (χ0v) is 16.2. The van der Waals surface area contributed by atoms with Gasteiger partial charge in [-0.3, -0.25) is 4.79 Å². The minimum atomic E-state index is -3.53. The molecule has 0 bridgehead atoms. The highest BCUT2D eigenvalue weighted by Gasteiger charge is 2.26. The largest absolute Gasteiger partial charge is 0.339 e. The molecule has 0 spiro atoms. The molecular formula is C19H30N2O3S. The Bertz CT molecular complexity index is 665. The van der Waals surface area contributed by atoms with E-state index < -0.39 is 10.0 Å². The maximum atomic E-state index is 12.9. The van der Waals surface area contributed by atoms with Gasteiger partial charge in [0.1, 0.15) is 0 Å². The number of nitrogens with zero attached hydrogens (tertiary/aromatic N) is 2. The normalized spacial score (nSPS) is 16.4. The molecule has 0 atom stereocenters. The molecule has 1 amide bonds. The van der Waals surface area contributed by atoms with Crippen LogP contribution in [0.1, 0.15) is 62.7 Å². The van der Waals surface area contributed by atoms with Crippen molar-refractivity contribution in [2.24, 2.45) is 0 Å². The lowest BCUT2D eigenvalue weighted by atomic mass is 10.2. The van der Waals surface area contributed by atoms with Gasteiger partial charge in [0.25, 0.3) is 5.91 Å². The second-order valence-corrected chi connectivity index (χ2v) is 8.52. The molecule has 0 aromatic heterocycles. The molecule has 1 heterocycles. The first-order chi connectivity index (χ1) is 12.0. The van der Waals surface area contributed by atoms with E-state index in [1.165, 1.54) is 6.07 Å². The molecule has 0 radical (unpaired) electrons. The third-order valence-corrected chi connectivity index (χ3v) is 6.63. The standard InChI is InChI=1S/C19H30N2O3S/c1-3-5-13-20(4-2)19(22)17-11-10-12-18(16-17)25(23,24)21-14-8-6-7-9-15-21/h10-12,16H,3-9,13-15H2,1-2H3. The van der Waals surface area contributed by atoms with Gasteiger partial charge in [-0.05, 0) is 44.4 Å². The highest BCUT2D eigenvalue weighted by molar-refractivity contribution is 7.89. The highest BCUT2D eigenvalue weighted by Crippen LogP contribution is 2.21. The summed E-state index contributed by atoms with van der Waals surface area (Å²) in [4.78, 5) is 14.7. The van der Waals surface area contributed by atoms with Crippen molar-refractivity contribution >= 4 is 15.9 Å². The topological polar surface area (TPSA) is 57.7 Å². The molecule has 1 aliphatic rings. The van der Waals surface area contributed by atoms with Gasteiger partial charge in [0.15, 0.2) is 0 Å². The van der Waals surface area contributed by atoms with Gasteiger partial charge in [0.05, 0.1) is 4.90 Å². The highest BCUT2D eigenvalue weighted by atomic mass is 32.2. The summed E-state index contributed by atoms with van der Waals surface area (Å²) < 4.78 is 27.4. The molecule has 1 saturated heterocycles. The number of carbonyl (C=O) groups excluding carboxylic acids is 1. The van der Waals surface area contributed by atoms with Gasteiger partial charge < -0.3 is 4.90 Å². The van der Waals surface area contributed by atoms with Crippen LogP contribution < -0.4 is 0 Å². The van der Waals surface area contributed by atoms with Gasteiger partial charge in [-0.2, -0.15) is 4.31 Å². The van der Waals surface area contributed by atoms with Gasteiger partial charge in [-0.25, -0.2) is 8.42 Å². The number of hydrogen-bond donors (Lipinski definition) is 0. The van der Waals surface area contributed by atoms with Gasteiger partial charge in [0.2, 0.25) is 10.0 Å². The van der Waals surface area contributed by atoms with Crippen LogP contribution in [0.3, 0.4) is 0 Å². The Morgan fingerprint density at radius 1 is 1.12 bits per heavy atom. The minimum Gasteiger partial charge on any atom is -0.339 e. The first kappa shape index (κ1) is 19.9. The predicted octanol–water partition coefficient (Wildman–Crippen LogP) is 3.51. The zero-order valence-electron chi connectivity index (χ0n) is 15.4. The SMILES string of the molecule is CCCCN(CC)C(=O)c1cccc(S(=O)(=O)N2CCCCCC2)c1. The predicted molar refractivity (Wildman–Crippen MR) is 100 cm³/mol. The molecule has 0 saturated carbocycles. The Morgan fingerprint density at radius 3 is 2.40 bits per heavy atom. The summed E-state index contributed by atoms with van der Waals surface area (Å²) in [5.74, 6) is -0.0936. The second kappa shape index (κ2) is 9.34. The van der Waals surface area contributed by atoms with E-state index in [0.29, 0.717) is 31.7 Å². The second-order valence-electron chi connectivity index (χ2n) is 6.58. The van der Waals surface area contributed by atoms with Gasteiger partial charge >= 0.3 is 0 Å². The number of rotatable bonds is 7. The first-order valence-electron chi connectivity index (χ1n) is 9.40. The van der Waals surface area contributed by atoms with Crippen LogP contribution in [0.2, 0.25) is 0 Å². The van der Waals surface area contributed by atoms with Crippen LogP contribution in [-0.2, 0) is 10.0 Å². The Labute approximate surface area is 152 Å². The summed E-state index contributed by atoms with van der Waals surface area (Å²) in [7, 11) is -3.53. The first-order valence-corrected chi connectivity index (χ1v) is 10.8. The van der Waals surface area contributed by atoms with E-state index in [1.54, 1.807) is 27.4 Å². The number of carbonyl (C=O) groups is 1. The Hall–Kier alpha value is -1.40. The third-order valence-electron chi connectivity index (χ3n) is 4.73. The summed E-state index contributed by atoms with van der Waals surface area (Å²) in [6.07, 6.45) is 5.93. The molecule has 0 N–H and O–H groups in total. The lowest BCUT2D eigenvalue weighted by molar-refractivity contribution is 0.0762. The molecule has 6 heteroatoms. The van der Waals surface area contributed by atoms with Crippen LogP contribution in [0.15, 0.2) is 29.2 Å². The van der Waals surface area contributed by atoms with Crippen LogP contribution in [0.5, 0.6) is 0 Å². The fourth-order valence-corrected chi connectivity index (χ4v) is 4.72. The molecule has 1 aromatic carbocycles. The molecule has 25 heavy (non-hydrogen) atoms. The molecule has 2 rings (SSSR count). The number of benzene rings is 1. The Kier molecular flexibility index (Phi) is 7.44. The minimum absolute atomic E-state index is 0.0936. The van der Waals surface area contributed by atoms with Crippen molar-refractivity contribution in [1.82, 2.24) is 9.21 Å². The van der Waals surface area contributed by atoms with Gasteiger partial charge in [-0.1, -0.05) is 32.3 Å². The van der Waals surface area contributed by atoms with Crippen LogP contribution in [-0.4, -0.2) is 49.7 Å². The van der Waals surface area contributed by atoms with E-state index in [1.807, 2.05) is 6.92 Å². The molecule has 0 aliphatic carbocycles. The fraction of sp³-hybridized carbons (Fsp3) is 0.632. The molecule has 1 aliphatic heterocycles. The number of amides is 1. The molecule has 1 fully saturated rings. The van der Waals surface area contributed by atoms with Crippen molar-refractivity contribution in [2.75, 3.05) is 26.2 Å². The van der Waals surface area contributed by atoms with Crippen molar-refractivity contribution in [1.29, 1.82) is 0 Å². The van der Waals surface area contributed by atoms with Crippen molar-refractivity contribution in [3.63, 3.8) is 0 Å². The average Bonchev–Trinajstić information content (AvgIpc) is 2.92. The smallest absolute Gasteiger partial charge is 0.253 e. The molecule has 1 aromatic rings. The fourth-order valence-electron chi connectivity index (χ4n) is 3.16. The van der Waals surface area contributed by atoms with Crippen molar-refractivity contribution < 1.29 is 13.2 Å². The Balaban J connectivity index is 2.23. The van der Waals surface area contributed by atoms with E-state index in [-0.39, 0.29) is 10.8 Å². The van der Waals surface area contributed by atoms with E-state index in [0.717, 1.165) is 38.5 Å². The summed E-state index contributed by atoms with van der Waals surface area (Å²) in [6, 6.07) is 6.51. The summed E-state index contributed by atoms with van der Waals surface area (Å²) in [5, 5.41) is 0. The maximum absolute atomic E-state index is 12.9. The third kappa shape index (κ3) is 5.05. The van der Waals surface area contributed by atoms with Crippen LogP contribution in [0, 0.1) is 0 Å². The number of hydrogen-bond acceptors (Lipinski definition) is 3. The average molecular weight is 367 g/mol.